The number of fused-ring (bicyclic) bond motifs is 1. The number of imidazole rings is 1. The van der Waals surface area contributed by atoms with Crippen LogP contribution in [0.5, 0.6) is 5.75 Å². The van der Waals surface area contributed by atoms with Crippen molar-refractivity contribution in [3.05, 3.63) is 78.0 Å². The molecule has 0 spiro atoms. The zero-order valence-corrected chi connectivity index (χ0v) is 19.2. The minimum absolute atomic E-state index is 0.0333. The second kappa shape index (κ2) is 9.10. The van der Waals surface area contributed by atoms with Crippen LogP contribution in [0.15, 0.2) is 72.0 Å². The van der Waals surface area contributed by atoms with Crippen molar-refractivity contribution >= 4 is 20.9 Å². The number of pyridine rings is 1. The average molecular weight is 451 g/mol. The Labute approximate surface area is 188 Å². The third-order valence-electron chi connectivity index (χ3n) is 5.23. The van der Waals surface area contributed by atoms with Crippen LogP contribution in [0.3, 0.4) is 0 Å². The molecule has 0 saturated heterocycles. The Balaban J connectivity index is 1.57. The molecule has 2 aromatic heterocycles. The summed E-state index contributed by atoms with van der Waals surface area (Å²) in [4.78, 5) is 11.0. The lowest BCUT2D eigenvalue weighted by Crippen LogP contribution is -2.24. The Morgan fingerprint density at radius 1 is 1.03 bits per heavy atom. The molecule has 4 aromatic rings. The summed E-state index contributed by atoms with van der Waals surface area (Å²) in [5.41, 5.74) is 3.29. The number of likely N-dealkylation sites (N-methyl/N-ethyl adjacent to an activating group) is 1. The van der Waals surface area contributed by atoms with Crippen molar-refractivity contribution in [2.45, 2.75) is 18.6 Å². The van der Waals surface area contributed by atoms with Crippen LogP contribution in [0.4, 0.5) is 0 Å². The average Bonchev–Trinajstić information content (AvgIpc) is 3.16. The maximum atomic E-state index is 12.4. The third kappa shape index (κ3) is 4.66. The Kier molecular flexibility index (Phi) is 6.25. The number of aromatic nitrogens is 3. The van der Waals surface area contributed by atoms with E-state index in [0.29, 0.717) is 29.2 Å². The highest BCUT2D eigenvalue weighted by atomic mass is 32.2. The Hall–Kier alpha value is -3.23. The van der Waals surface area contributed by atoms with Crippen molar-refractivity contribution in [2.24, 2.45) is 0 Å². The van der Waals surface area contributed by atoms with Crippen molar-refractivity contribution in [3.8, 4) is 11.6 Å². The van der Waals surface area contributed by atoms with Gasteiger partial charge in [0.1, 0.15) is 18.2 Å². The zero-order valence-electron chi connectivity index (χ0n) is 18.4. The fraction of sp³-hybridized carbons (Fsp3) is 0.250. The van der Waals surface area contributed by atoms with E-state index in [2.05, 4.69) is 34.0 Å². The summed E-state index contributed by atoms with van der Waals surface area (Å²) in [6.45, 7) is 3.96. The first-order chi connectivity index (χ1) is 15.3. The summed E-state index contributed by atoms with van der Waals surface area (Å²) >= 11 is 0. The van der Waals surface area contributed by atoms with Crippen molar-refractivity contribution < 1.29 is 13.2 Å². The topological polar surface area (TPSA) is 77.3 Å². The standard InChI is InChI=1S/C24H26N4O3S/c1-18-22(31-16-15-27(2)17-19-9-5-4-6-10-19)13-14-25-23(18)28-21-12-8-7-11-20(21)26-24(28)32(3,29)30/h4-14H,15-17H2,1-3H3. The Morgan fingerprint density at radius 2 is 1.75 bits per heavy atom. The Morgan fingerprint density at radius 3 is 2.50 bits per heavy atom. The lowest BCUT2D eigenvalue weighted by Gasteiger charge is -2.18. The number of nitrogens with zero attached hydrogens (tertiary/aromatic N) is 4. The van der Waals surface area contributed by atoms with Crippen LogP contribution in [-0.2, 0) is 16.4 Å². The van der Waals surface area contributed by atoms with Gasteiger partial charge in [-0.25, -0.2) is 18.4 Å². The maximum Gasteiger partial charge on any atom is 0.234 e. The molecular weight excluding hydrogens is 424 g/mol. The van der Waals surface area contributed by atoms with Gasteiger partial charge in [-0.05, 0) is 37.7 Å². The van der Waals surface area contributed by atoms with Gasteiger partial charge in [-0.2, -0.15) is 0 Å². The molecule has 0 aliphatic rings. The first-order valence-electron chi connectivity index (χ1n) is 10.3. The Bertz CT molecular complexity index is 1330. The number of sulfone groups is 1. The SMILES string of the molecule is Cc1c(OCCN(C)Cc2ccccc2)ccnc1-n1c(S(C)(=O)=O)nc2ccccc21. The van der Waals surface area contributed by atoms with Crippen molar-refractivity contribution in [1.29, 1.82) is 0 Å². The van der Waals surface area contributed by atoms with E-state index in [1.54, 1.807) is 22.9 Å². The van der Waals surface area contributed by atoms with E-state index in [4.69, 9.17) is 4.74 Å². The minimum atomic E-state index is -3.57. The largest absolute Gasteiger partial charge is 0.492 e. The van der Waals surface area contributed by atoms with Crippen LogP contribution >= 0.6 is 0 Å². The maximum absolute atomic E-state index is 12.4. The molecule has 0 atom stereocenters. The molecule has 0 aliphatic carbocycles. The van der Waals surface area contributed by atoms with E-state index in [9.17, 15) is 8.42 Å². The summed E-state index contributed by atoms with van der Waals surface area (Å²) in [5.74, 6) is 1.16. The van der Waals surface area contributed by atoms with E-state index >= 15 is 0 Å². The van der Waals surface area contributed by atoms with E-state index in [0.717, 1.165) is 24.9 Å². The van der Waals surface area contributed by atoms with Crippen LogP contribution < -0.4 is 4.74 Å². The molecule has 0 aliphatic heterocycles. The van der Waals surface area contributed by atoms with E-state index in [-0.39, 0.29) is 5.16 Å². The molecule has 32 heavy (non-hydrogen) atoms. The normalized spacial score (nSPS) is 11.9. The highest BCUT2D eigenvalue weighted by Gasteiger charge is 2.23. The van der Waals surface area contributed by atoms with Gasteiger partial charge in [0.15, 0.2) is 0 Å². The number of benzene rings is 2. The number of rotatable bonds is 8. The second-order valence-electron chi connectivity index (χ2n) is 7.82. The van der Waals surface area contributed by atoms with Crippen molar-refractivity contribution in [1.82, 2.24) is 19.4 Å². The van der Waals surface area contributed by atoms with Gasteiger partial charge in [0.2, 0.25) is 15.0 Å². The lowest BCUT2D eigenvalue weighted by atomic mass is 10.2. The molecule has 0 bridgehead atoms. The minimum Gasteiger partial charge on any atom is -0.492 e. The monoisotopic (exact) mass is 450 g/mol. The quantitative estimate of drug-likeness (QED) is 0.408. The molecular formula is C24H26N4O3S. The number of hydrogen-bond donors (Lipinski definition) is 0. The van der Waals surface area contributed by atoms with E-state index in [1.165, 1.54) is 5.56 Å². The van der Waals surface area contributed by atoms with Gasteiger partial charge in [0, 0.05) is 31.1 Å². The molecule has 2 aromatic carbocycles. The summed E-state index contributed by atoms with van der Waals surface area (Å²) < 4.78 is 32.5. The number of ether oxygens (including phenoxy) is 1. The van der Waals surface area contributed by atoms with Gasteiger partial charge in [-0.3, -0.25) is 9.47 Å². The zero-order chi connectivity index (χ0) is 22.7. The summed E-state index contributed by atoms with van der Waals surface area (Å²) in [5, 5.41) is -0.0333. The summed E-state index contributed by atoms with van der Waals surface area (Å²) in [6.07, 6.45) is 2.79. The van der Waals surface area contributed by atoms with Gasteiger partial charge < -0.3 is 4.74 Å². The molecule has 8 heteroatoms. The fourth-order valence-corrected chi connectivity index (χ4v) is 4.41. The smallest absolute Gasteiger partial charge is 0.234 e. The molecule has 0 fully saturated rings. The molecule has 0 amide bonds. The number of hydrogen-bond acceptors (Lipinski definition) is 6. The van der Waals surface area contributed by atoms with E-state index in [1.807, 2.05) is 43.3 Å². The molecule has 7 nitrogen and oxygen atoms in total. The molecule has 0 unspecified atom stereocenters. The second-order valence-corrected chi connectivity index (χ2v) is 9.73. The molecule has 0 saturated carbocycles. The molecule has 166 valence electrons. The molecule has 2 heterocycles. The van der Waals surface area contributed by atoms with Gasteiger partial charge in [0.25, 0.3) is 0 Å². The van der Waals surface area contributed by atoms with Crippen molar-refractivity contribution in [3.63, 3.8) is 0 Å². The van der Waals surface area contributed by atoms with E-state index < -0.39 is 9.84 Å². The van der Waals surface area contributed by atoms with Crippen LogP contribution in [0.2, 0.25) is 0 Å². The third-order valence-corrected chi connectivity index (χ3v) is 6.16. The van der Waals surface area contributed by atoms with Gasteiger partial charge in [-0.1, -0.05) is 42.5 Å². The number of para-hydroxylation sites is 2. The van der Waals surface area contributed by atoms with Crippen LogP contribution in [-0.4, -0.2) is 54.3 Å². The molecule has 0 radical (unpaired) electrons. The van der Waals surface area contributed by atoms with Gasteiger partial charge in [-0.15, -0.1) is 0 Å². The van der Waals surface area contributed by atoms with Gasteiger partial charge in [0.05, 0.1) is 11.0 Å². The lowest BCUT2D eigenvalue weighted by molar-refractivity contribution is 0.232. The predicted molar refractivity (Wildman–Crippen MR) is 125 cm³/mol. The fourth-order valence-electron chi connectivity index (χ4n) is 3.63. The van der Waals surface area contributed by atoms with Crippen LogP contribution in [0.25, 0.3) is 16.9 Å². The first-order valence-corrected chi connectivity index (χ1v) is 12.2. The van der Waals surface area contributed by atoms with Crippen molar-refractivity contribution in [2.75, 3.05) is 26.5 Å². The van der Waals surface area contributed by atoms with Crippen LogP contribution in [0.1, 0.15) is 11.1 Å². The summed E-state index contributed by atoms with van der Waals surface area (Å²) in [6, 6.07) is 19.4. The summed E-state index contributed by atoms with van der Waals surface area (Å²) in [7, 11) is -1.51. The van der Waals surface area contributed by atoms with Crippen LogP contribution in [0, 0.1) is 6.92 Å². The highest BCUT2D eigenvalue weighted by molar-refractivity contribution is 7.90. The molecule has 4 rings (SSSR count). The highest BCUT2D eigenvalue weighted by Crippen LogP contribution is 2.29. The van der Waals surface area contributed by atoms with Gasteiger partial charge >= 0.3 is 0 Å². The first kappa shape index (κ1) is 22.0. The predicted octanol–water partition coefficient (Wildman–Crippen LogP) is 3.64. The molecule has 0 N–H and O–H groups in total.